The van der Waals surface area contributed by atoms with Crippen molar-refractivity contribution in [2.45, 2.75) is 45.6 Å². The molecule has 0 bridgehead atoms. The number of hydrogen-bond donors (Lipinski definition) is 1. The Morgan fingerprint density at radius 1 is 1.05 bits per heavy atom. The molecule has 1 nitrogen and oxygen atoms in total. The second-order valence-corrected chi connectivity index (χ2v) is 7.16. The topological polar surface area (TPSA) is 12.0 Å². The van der Waals surface area contributed by atoms with Gasteiger partial charge in [-0.3, -0.25) is 0 Å². The molecule has 0 radical (unpaired) electrons. The van der Waals surface area contributed by atoms with Crippen molar-refractivity contribution in [2.75, 3.05) is 6.54 Å². The molecule has 5 heteroatoms. The van der Waals surface area contributed by atoms with E-state index < -0.39 is 0 Å². The summed E-state index contributed by atoms with van der Waals surface area (Å²) in [5.74, 6) is 0. The van der Waals surface area contributed by atoms with E-state index in [0.717, 1.165) is 18.5 Å². The maximum atomic E-state index is 6.31. The summed E-state index contributed by atoms with van der Waals surface area (Å²) in [5.41, 5.74) is 0.681. The highest BCUT2D eigenvalue weighted by molar-refractivity contribution is 6.49. The Balaban J connectivity index is 3.04. The van der Waals surface area contributed by atoms with E-state index in [9.17, 15) is 0 Å². The quantitative estimate of drug-likeness (QED) is 0.513. The van der Waals surface area contributed by atoms with Gasteiger partial charge in [-0.1, -0.05) is 74.1 Å². The van der Waals surface area contributed by atoms with Crippen LogP contribution in [0.1, 0.15) is 39.7 Å². The summed E-state index contributed by atoms with van der Waals surface area (Å²) >= 11 is 24.7. The van der Waals surface area contributed by atoms with Crippen molar-refractivity contribution in [3.63, 3.8) is 0 Å². The van der Waals surface area contributed by atoms with Gasteiger partial charge in [-0.05, 0) is 30.0 Å². The van der Waals surface area contributed by atoms with Gasteiger partial charge in [0.15, 0.2) is 0 Å². The Bertz CT molecular complexity index is 455. The molecule has 1 aromatic rings. The molecule has 1 aromatic carbocycles. The smallest absolute Gasteiger partial charge is 0.0782 e. The van der Waals surface area contributed by atoms with Gasteiger partial charge in [0.1, 0.15) is 0 Å². The van der Waals surface area contributed by atoms with Crippen LogP contribution in [0.15, 0.2) is 6.07 Å². The molecule has 1 rings (SSSR count). The van der Waals surface area contributed by atoms with Crippen LogP contribution < -0.4 is 5.32 Å². The summed E-state index contributed by atoms with van der Waals surface area (Å²) in [7, 11) is 0. The molecule has 0 amide bonds. The van der Waals surface area contributed by atoms with Crippen molar-refractivity contribution in [2.24, 2.45) is 0 Å². The van der Waals surface area contributed by atoms with Crippen LogP contribution in [0.4, 0.5) is 0 Å². The van der Waals surface area contributed by atoms with Gasteiger partial charge in [0, 0.05) is 11.1 Å². The monoisotopic (exact) mass is 341 g/mol. The normalized spacial score (nSPS) is 12.3. The summed E-state index contributed by atoms with van der Waals surface area (Å²) in [6, 6.07) is 2.11. The first-order valence-electron chi connectivity index (χ1n) is 6.23. The fraction of sp³-hybridized carbons (Fsp3) is 0.571. The standard InChI is InChI=1S/C14H19Cl4N/c1-8(2)19-6-5-14(3,4)11-9(15)7-10(16)12(17)13(11)18/h7-8,19H,5-6H2,1-4H3. The summed E-state index contributed by atoms with van der Waals surface area (Å²) in [4.78, 5) is 0. The number of halogens is 4. The zero-order chi connectivity index (χ0) is 14.8. The first-order chi connectivity index (χ1) is 8.66. The zero-order valence-corrected chi connectivity index (χ0v) is 14.6. The highest BCUT2D eigenvalue weighted by Gasteiger charge is 2.28. The second-order valence-electron chi connectivity index (χ2n) is 5.59. The summed E-state index contributed by atoms with van der Waals surface area (Å²) < 4.78 is 0. The number of nitrogens with one attached hydrogen (secondary N) is 1. The Kier molecular flexibility index (Phi) is 6.28. The molecule has 108 valence electrons. The Morgan fingerprint density at radius 2 is 1.63 bits per heavy atom. The largest absolute Gasteiger partial charge is 0.315 e. The first kappa shape index (κ1) is 17.4. The van der Waals surface area contributed by atoms with E-state index in [1.165, 1.54) is 0 Å². The van der Waals surface area contributed by atoms with Crippen LogP contribution >= 0.6 is 46.4 Å². The maximum Gasteiger partial charge on any atom is 0.0782 e. The van der Waals surface area contributed by atoms with Crippen LogP contribution in [0.25, 0.3) is 0 Å². The lowest BCUT2D eigenvalue weighted by atomic mass is 9.81. The Hall–Kier alpha value is 0.340. The van der Waals surface area contributed by atoms with Gasteiger partial charge in [-0.2, -0.15) is 0 Å². The summed E-state index contributed by atoms with van der Waals surface area (Å²) in [6.07, 6.45) is 0.905. The van der Waals surface area contributed by atoms with Crippen LogP contribution in [0.2, 0.25) is 20.1 Å². The fourth-order valence-corrected chi connectivity index (χ4v) is 3.41. The number of rotatable bonds is 5. The predicted octanol–water partition coefficient (Wildman–Crippen LogP) is 5.97. The first-order valence-corrected chi connectivity index (χ1v) is 7.75. The average molecular weight is 343 g/mol. The van der Waals surface area contributed by atoms with Crippen molar-refractivity contribution >= 4 is 46.4 Å². The average Bonchev–Trinajstić information content (AvgIpc) is 2.24. The Morgan fingerprint density at radius 3 is 2.16 bits per heavy atom. The molecule has 0 aliphatic heterocycles. The van der Waals surface area contributed by atoms with Crippen LogP contribution in [-0.4, -0.2) is 12.6 Å². The van der Waals surface area contributed by atoms with Gasteiger partial charge in [0.25, 0.3) is 0 Å². The van der Waals surface area contributed by atoms with Crippen LogP contribution in [-0.2, 0) is 5.41 Å². The highest BCUT2D eigenvalue weighted by atomic mass is 35.5. The third kappa shape index (κ3) is 4.41. The molecule has 0 aliphatic carbocycles. The molecule has 0 saturated heterocycles. The van der Waals surface area contributed by atoms with Crippen LogP contribution in [0, 0.1) is 0 Å². The van der Waals surface area contributed by atoms with Gasteiger partial charge >= 0.3 is 0 Å². The molecule has 0 aromatic heterocycles. The fourth-order valence-electron chi connectivity index (χ4n) is 1.98. The van der Waals surface area contributed by atoms with Gasteiger partial charge in [-0.15, -0.1) is 0 Å². The van der Waals surface area contributed by atoms with E-state index in [0.29, 0.717) is 26.1 Å². The SMILES string of the molecule is CC(C)NCCC(C)(C)c1c(Cl)cc(Cl)c(Cl)c1Cl. The summed E-state index contributed by atoms with van der Waals surface area (Å²) in [5, 5.41) is 5.16. The molecule has 0 aliphatic rings. The molecule has 1 N–H and O–H groups in total. The third-order valence-corrected chi connectivity index (χ3v) is 4.65. The lowest BCUT2D eigenvalue weighted by Gasteiger charge is -2.28. The predicted molar refractivity (Wildman–Crippen MR) is 87.3 cm³/mol. The molecular formula is C14H19Cl4N. The van der Waals surface area contributed by atoms with Gasteiger partial charge < -0.3 is 5.32 Å². The van der Waals surface area contributed by atoms with Crippen molar-refractivity contribution in [3.05, 3.63) is 31.7 Å². The van der Waals surface area contributed by atoms with E-state index >= 15 is 0 Å². The lowest BCUT2D eigenvalue weighted by Crippen LogP contribution is -2.30. The van der Waals surface area contributed by atoms with Gasteiger partial charge in [0.05, 0.1) is 15.1 Å². The minimum absolute atomic E-state index is 0.176. The van der Waals surface area contributed by atoms with Crippen molar-refractivity contribution in [1.29, 1.82) is 0 Å². The van der Waals surface area contributed by atoms with Gasteiger partial charge in [0.2, 0.25) is 0 Å². The molecule has 0 saturated carbocycles. The molecule has 0 atom stereocenters. The maximum absolute atomic E-state index is 6.31. The molecule has 0 unspecified atom stereocenters. The third-order valence-electron chi connectivity index (χ3n) is 3.09. The lowest BCUT2D eigenvalue weighted by molar-refractivity contribution is 0.442. The summed E-state index contributed by atoms with van der Waals surface area (Å²) in [6.45, 7) is 9.33. The van der Waals surface area contributed by atoms with E-state index in [-0.39, 0.29) is 5.41 Å². The second kappa shape index (κ2) is 6.87. The Labute approximate surface area is 135 Å². The molecule has 0 spiro atoms. The van der Waals surface area contributed by atoms with E-state index in [4.69, 9.17) is 46.4 Å². The minimum atomic E-state index is -0.176. The molecule has 0 heterocycles. The van der Waals surface area contributed by atoms with E-state index in [1.807, 2.05) is 0 Å². The number of benzene rings is 1. The zero-order valence-electron chi connectivity index (χ0n) is 11.6. The molecule has 0 fully saturated rings. The minimum Gasteiger partial charge on any atom is -0.315 e. The van der Waals surface area contributed by atoms with Crippen molar-refractivity contribution < 1.29 is 0 Å². The van der Waals surface area contributed by atoms with Crippen LogP contribution in [0.3, 0.4) is 0 Å². The van der Waals surface area contributed by atoms with E-state index in [1.54, 1.807) is 6.07 Å². The highest BCUT2D eigenvalue weighted by Crippen LogP contribution is 2.44. The molecule has 19 heavy (non-hydrogen) atoms. The molecular weight excluding hydrogens is 324 g/mol. The van der Waals surface area contributed by atoms with Crippen molar-refractivity contribution in [1.82, 2.24) is 5.32 Å². The van der Waals surface area contributed by atoms with Gasteiger partial charge in [-0.25, -0.2) is 0 Å². The van der Waals surface area contributed by atoms with Crippen LogP contribution in [0.5, 0.6) is 0 Å². The van der Waals surface area contributed by atoms with E-state index in [2.05, 4.69) is 33.0 Å². The number of hydrogen-bond acceptors (Lipinski definition) is 1. The van der Waals surface area contributed by atoms with Crippen molar-refractivity contribution in [3.8, 4) is 0 Å².